The number of rotatable bonds is 6. The Morgan fingerprint density at radius 3 is 2.54 bits per heavy atom. The van der Waals surface area contributed by atoms with Gasteiger partial charge < -0.3 is 14.8 Å². The maximum absolute atomic E-state index is 12.4. The molecule has 0 aliphatic heterocycles. The standard InChI is InChI=1S/C18H14F2N2O3S/c1-24-15-10-12(4-7-14(15)25-18(19)20)16(23)22-13-5-2-11(3-6-13)17-21-8-9-26-17/h2-10,18H,1H3,(H,22,23). The molecule has 26 heavy (non-hydrogen) atoms. The molecular weight excluding hydrogens is 362 g/mol. The number of hydrogen-bond acceptors (Lipinski definition) is 5. The quantitative estimate of drug-likeness (QED) is 0.679. The lowest BCUT2D eigenvalue weighted by Gasteiger charge is -2.11. The molecule has 1 N–H and O–H groups in total. The van der Waals surface area contributed by atoms with Crippen LogP contribution in [-0.2, 0) is 0 Å². The molecule has 3 aromatic rings. The second-order valence-electron chi connectivity index (χ2n) is 5.11. The van der Waals surface area contributed by atoms with Gasteiger partial charge >= 0.3 is 6.61 Å². The van der Waals surface area contributed by atoms with Gasteiger partial charge in [-0.3, -0.25) is 4.79 Å². The number of methoxy groups -OCH3 is 1. The van der Waals surface area contributed by atoms with Crippen molar-refractivity contribution in [3.8, 4) is 22.1 Å². The molecule has 0 aliphatic rings. The predicted octanol–water partition coefficient (Wildman–Crippen LogP) is 4.67. The fourth-order valence-electron chi connectivity index (χ4n) is 2.27. The van der Waals surface area contributed by atoms with Crippen molar-refractivity contribution in [1.29, 1.82) is 0 Å². The van der Waals surface area contributed by atoms with E-state index in [1.165, 1.54) is 36.6 Å². The summed E-state index contributed by atoms with van der Waals surface area (Å²) in [6.45, 7) is -2.97. The van der Waals surface area contributed by atoms with Crippen LogP contribution in [0.25, 0.3) is 10.6 Å². The molecule has 0 bridgehead atoms. The fourth-order valence-corrected chi connectivity index (χ4v) is 2.91. The van der Waals surface area contributed by atoms with Gasteiger partial charge in [0.15, 0.2) is 11.5 Å². The van der Waals surface area contributed by atoms with Gasteiger partial charge in [0.05, 0.1) is 7.11 Å². The first-order valence-corrected chi connectivity index (χ1v) is 8.39. The maximum atomic E-state index is 12.4. The molecule has 0 aliphatic carbocycles. The van der Waals surface area contributed by atoms with E-state index in [4.69, 9.17) is 4.74 Å². The van der Waals surface area contributed by atoms with Crippen molar-refractivity contribution in [1.82, 2.24) is 4.98 Å². The number of carbonyl (C=O) groups is 1. The van der Waals surface area contributed by atoms with Crippen LogP contribution in [0.1, 0.15) is 10.4 Å². The minimum atomic E-state index is -2.97. The number of ether oxygens (including phenoxy) is 2. The summed E-state index contributed by atoms with van der Waals surface area (Å²) in [6, 6.07) is 11.2. The van der Waals surface area contributed by atoms with Gasteiger partial charge in [-0.05, 0) is 42.5 Å². The Kier molecular flexibility index (Phi) is 5.43. The molecule has 8 heteroatoms. The molecule has 1 heterocycles. The number of anilines is 1. The normalized spacial score (nSPS) is 10.6. The third kappa shape index (κ3) is 4.15. The average molecular weight is 376 g/mol. The molecule has 0 saturated carbocycles. The zero-order chi connectivity index (χ0) is 18.5. The number of carbonyl (C=O) groups excluding carboxylic acids is 1. The molecule has 0 spiro atoms. The largest absolute Gasteiger partial charge is 0.493 e. The SMILES string of the molecule is COc1cc(C(=O)Nc2ccc(-c3nccs3)cc2)ccc1OC(F)F. The van der Waals surface area contributed by atoms with Crippen LogP contribution in [0.15, 0.2) is 54.0 Å². The van der Waals surface area contributed by atoms with E-state index < -0.39 is 12.5 Å². The molecule has 0 saturated heterocycles. The Balaban J connectivity index is 1.73. The Morgan fingerprint density at radius 2 is 1.92 bits per heavy atom. The number of amides is 1. The van der Waals surface area contributed by atoms with Crippen molar-refractivity contribution in [3.05, 3.63) is 59.6 Å². The van der Waals surface area contributed by atoms with E-state index in [0.29, 0.717) is 5.69 Å². The van der Waals surface area contributed by atoms with E-state index in [9.17, 15) is 13.6 Å². The Bertz CT molecular complexity index is 884. The molecule has 0 atom stereocenters. The summed E-state index contributed by atoms with van der Waals surface area (Å²) < 4.78 is 34.1. The fraction of sp³-hybridized carbons (Fsp3) is 0.111. The molecule has 1 aromatic heterocycles. The topological polar surface area (TPSA) is 60.5 Å². The third-order valence-electron chi connectivity index (χ3n) is 3.46. The van der Waals surface area contributed by atoms with Crippen molar-refractivity contribution < 1.29 is 23.0 Å². The first kappa shape index (κ1) is 17.8. The Morgan fingerprint density at radius 1 is 1.15 bits per heavy atom. The molecule has 0 radical (unpaired) electrons. The van der Waals surface area contributed by atoms with Gasteiger partial charge in [0.1, 0.15) is 5.01 Å². The highest BCUT2D eigenvalue weighted by Crippen LogP contribution is 2.30. The molecular formula is C18H14F2N2O3S. The van der Waals surface area contributed by atoms with Crippen LogP contribution in [0.5, 0.6) is 11.5 Å². The molecule has 0 unspecified atom stereocenters. The highest BCUT2D eigenvalue weighted by atomic mass is 32.1. The summed E-state index contributed by atoms with van der Waals surface area (Å²) in [6.07, 6.45) is 1.73. The van der Waals surface area contributed by atoms with Gasteiger partial charge in [-0.2, -0.15) is 8.78 Å². The molecule has 134 valence electrons. The number of hydrogen-bond donors (Lipinski definition) is 1. The molecule has 1 amide bonds. The minimum Gasteiger partial charge on any atom is -0.493 e. The Labute approximate surface area is 152 Å². The lowest BCUT2D eigenvalue weighted by atomic mass is 10.1. The smallest absolute Gasteiger partial charge is 0.387 e. The number of thiazole rings is 1. The predicted molar refractivity (Wildman–Crippen MR) is 95.1 cm³/mol. The van der Waals surface area contributed by atoms with Crippen LogP contribution in [0.3, 0.4) is 0 Å². The summed E-state index contributed by atoms with van der Waals surface area (Å²) in [4.78, 5) is 16.6. The van der Waals surface area contributed by atoms with E-state index in [1.54, 1.807) is 18.3 Å². The monoisotopic (exact) mass is 376 g/mol. The summed E-state index contributed by atoms with van der Waals surface area (Å²) in [7, 11) is 1.31. The van der Waals surface area contributed by atoms with Gasteiger partial charge in [-0.15, -0.1) is 11.3 Å². The van der Waals surface area contributed by atoms with Crippen molar-refractivity contribution in [3.63, 3.8) is 0 Å². The first-order valence-electron chi connectivity index (χ1n) is 7.51. The average Bonchev–Trinajstić information content (AvgIpc) is 3.17. The Hall–Kier alpha value is -3.00. The van der Waals surface area contributed by atoms with Crippen molar-refractivity contribution in [2.24, 2.45) is 0 Å². The first-order chi connectivity index (χ1) is 12.6. The van der Waals surface area contributed by atoms with Crippen molar-refractivity contribution in [2.45, 2.75) is 6.61 Å². The second-order valence-corrected chi connectivity index (χ2v) is 6.01. The van der Waals surface area contributed by atoms with Crippen molar-refractivity contribution in [2.75, 3.05) is 12.4 Å². The second kappa shape index (κ2) is 7.92. The lowest BCUT2D eigenvalue weighted by Crippen LogP contribution is -2.12. The van der Waals surface area contributed by atoms with E-state index in [-0.39, 0.29) is 17.1 Å². The molecule has 0 fully saturated rings. The zero-order valence-corrected chi connectivity index (χ0v) is 14.4. The van der Waals surface area contributed by atoms with Crippen molar-refractivity contribution >= 4 is 22.9 Å². The third-order valence-corrected chi connectivity index (χ3v) is 4.29. The number of halogens is 2. The summed E-state index contributed by atoms with van der Waals surface area (Å²) in [5.41, 5.74) is 1.81. The summed E-state index contributed by atoms with van der Waals surface area (Å²) in [5, 5.41) is 5.52. The van der Waals surface area contributed by atoms with Gasteiger partial charge in [0.2, 0.25) is 0 Å². The molecule has 2 aromatic carbocycles. The number of nitrogens with one attached hydrogen (secondary N) is 1. The lowest BCUT2D eigenvalue weighted by molar-refractivity contribution is -0.0512. The number of aromatic nitrogens is 1. The highest BCUT2D eigenvalue weighted by molar-refractivity contribution is 7.13. The van der Waals surface area contributed by atoms with E-state index in [2.05, 4.69) is 15.0 Å². The molecule has 5 nitrogen and oxygen atoms in total. The van der Waals surface area contributed by atoms with Crippen LogP contribution >= 0.6 is 11.3 Å². The van der Waals surface area contributed by atoms with Crippen LogP contribution in [0.2, 0.25) is 0 Å². The van der Waals surface area contributed by atoms with Gasteiger partial charge in [0.25, 0.3) is 5.91 Å². The highest BCUT2D eigenvalue weighted by Gasteiger charge is 2.14. The number of benzene rings is 2. The van der Waals surface area contributed by atoms with Gasteiger partial charge in [-0.25, -0.2) is 4.98 Å². The van der Waals surface area contributed by atoms with Crippen LogP contribution in [0.4, 0.5) is 14.5 Å². The summed E-state index contributed by atoms with van der Waals surface area (Å²) in [5.74, 6) is -0.474. The number of nitrogens with zero attached hydrogens (tertiary/aromatic N) is 1. The maximum Gasteiger partial charge on any atom is 0.387 e. The van der Waals surface area contributed by atoms with Crippen LogP contribution in [-0.4, -0.2) is 24.6 Å². The van der Waals surface area contributed by atoms with Gasteiger partial charge in [-0.1, -0.05) is 0 Å². The van der Waals surface area contributed by atoms with E-state index in [0.717, 1.165) is 10.6 Å². The van der Waals surface area contributed by atoms with Crippen LogP contribution in [0, 0.1) is 0 Å². The molecule has 3 rings (SSSR count). The van der Waals surface area contributed by atoms with E-state index in [1.807, 2.05) is 17.5 Å². The number of alkyl halides is 2. The van der Waals surface area contributed by atoms with E-state index >= 15 is 0 Å². The minimum absolute atomic E-state index is 0.0528. The van der Waals surface area contributed by atoms with Crippen LogP contribution < -0.4 is 14.8 Å². The van der Waals surface area contributed by atoms with Gasteiger partial charge in [0, 0.05) is 28.4 Å². The zero-order valence-electron chi connectivity index (χ0n) is 13.6. The summed E-state index contributed by atoms with van der Waals surface area (Å²) >= 11 is 1.52.